The van der Waals surface area contributed by atoms with Crippen molar-refractivity contribution < 1.29 is 4.74 Å². The molecule has 6 N–H and O–H groups in total. The fourth-order valence-electron chi connectivity index (χ4n) is 3.87. The SMILES string of the molecule is COc1ccc2[nH]cc(CCNc3ncc(N)c(Nc4ccc5[nH]c(C)cc5c4)n3)c2c1. The summed E-state index contributed by atoms with van der Waals surface area (Å²) in [5.41, 5.74) is 12.0. The number of anilines is 4. The van der Waals surface area contributed by atoms with Crippen LogP contribution in [0.4, 0.5) is 23.1 Å². The lowest BCUT2D eigenvalue weighted by Gasteiger charge is -2.11. The maximum atomic E-state index is 6.11. The molecule has 0 aliphatic carbocycles. The summed E-state index contributed by atoms with van der Waals surface area (Å²) in [6, 6.07) is 14.2. The quantitative estimate of drug-likeness (QED) is 0.256. The van der Waals surface area contributed by atoms with Crippen LogP contribution in [0.15, 0.2) is 54.9 Å². The number of hydrogen-bond donors (Lipinski definition) is 5. The third-order valence-corrected chi connectivity index (χ3v) is 5.49. The summed E-state index contributed by atoms with van der Waals surface area (Å²) in [4.78, 5) is 15.5. The first-order valence-electron chi connectivity index (χ1n) is 10.5. The molecular formula is C24H25N7O. The lowest BCUT2D eigenvalue weighted by molar-refractivity contribution is 0.415. The summed E-state index contributed by atoms with van der Waals surface area (Å²) >= 11 is 0. The molecule has 8 heteroatoms. The van der Waals surface area contributed by atoms with Crippen LogP contribution in [0.3, 0.4) is 0 Å². The standard InChI is InChI=1S/C24H25N7O/c1-14-9-16-10-17(3-5-21(16)29-14)30-23-20(25)13-28-24(31-23)26-8-7-15-12-27-22-6-4-18(32-2)11-19(15)22/h3-6,9-13,27,29H,7-8,25H2,1-2H3,(H2,26,28,30,31). The number of nitrogens with two attached hydrogens (primary N) is 1. The fraction of sp³-hybridized carbons (Fsp3) is 0.167. The number of aryl methyl sites for hydroxylation is 1. The van der Waals surface area contributed by atoms with Crippen molar-refractivity contribution in [1.82, 2.24) is 19.9 Å². The second-order valence-corrected chi connectivity index (χ2v) is 7.78. The number of aromatic nitrogens is 4. The highest BCUT2D eigenvalue weighted by atomic mass is 16.5. The van der Waals surface area contributed by atoms with E-state index in [1.165, 1.54) is 5.56 Å². The molecule has 0 spiro atoms. The summed E-state index contributed by atoms with van der Waals surface area (Å²) in [5, 5.41) is 8.89. The minimum Gasteiger partial charge on any atom is -0.497 e. The Morgan fingerprint density at radius 3 is 2.84 bits per heavy atom. The molecule has 0 bridgehead atoms. The summed E-state index contributed by atoms with van der Waals surface area (Å²) in [5.74, 6) is 1.94. The topological polar surface area (TPSA) is 117 Å². The minimum atomic E-state index is 0.490. The molecule has 5 aromatic rings. The van der Waals surface area contributed by atoms with Crippen LogP contribution in [0, 0.1) is 6.92 Å². The van der Waals surface area contributed by atoms with Crippen LogP contribution in [-0.4, -0.2) is 33.6 Å². The number of hydrogen-bond acceptors (Lipinski definition) is 6. The van der Waals surface area contributed by atoms with E-state index in [1.54, 1.807) is 13.3 Å². The third-order valence-electron chi connectivity index (χ3n) is 5.49. The van der Waals surface area contributed by atoms with E-state index in [0.29, 0.717) is 24.0 Å². The lowest BCUT2D eigenvalue weighted by atomic mass is 10.1. The number of ether oxygens (including phenoxy) is 1. The molecular weight excluding hydrogens is 402 g/mol. The smallest absolute Gasteiger partial charge is 0.224 e. The monoisotopic (exact) mass is 427 g/mol. The van der Waals surface area contributed by atoms with Gasteiger partial charge >= 0.3 is 0 Å². The summed E-state index contributed by atoms with van der Waals surface area (Å²) < 4.78 is 5.35. The van der Waals surface area contributed by atoms with Crippen LogP contribution in [0.1, 0.15) is 11.3 Å². The van der Waals surface area contributed by atoms with Crippen molar-refractivity contribution in [2.45, 2.75) is 13.3 Å². The molecule has 162 valence electrons. The highest BCUT2D eigenvalue weighted by Gasteiger charge is 2.08. The molecule has 0 fully saturated rings. The van der Waals surface area contributed by atoms with Gasteiger partial charge in [0.05, 0.1) is 19.0 Å². The summed E-state index contributed by atoms with van der Waals surface area (Å²) in [7, 11) is 1.68. The van der Waals surface area contributed by atoms with Crippen LogP contribution >= 0.6 is 0 Å². The Kier molecular flexibility index (Phi) is 5.03. The van der Waals surface area contributed by atoms with E-state index in [4.69, 9.17) is 10.5 Å². The largest absolute Gasteiger partial charge is 0.497 e. The van der Waals surface area contributed by atoms with Gasteiger partial charge in [0, 0.05) is 45.9 Å². The Balaban J connectivity index is 1.28. The van der Waals surface area contributed by atoms with Crippen molar-refractivity contribution in [3.05, 3.63) is 66.1 Å². The van der Waals surface area contributed by atoms with E-state index in [-0.39, 0.29) is 0 Å². The van der Waals surface area contributed by atoms with Crippen molar-refractivity contribution >= 4 is 44.9 Å². The van der Waals surface area contributed by atoms with Gasteiger partial charge in [-0.1, -0.05) is 0 Å². The molecule has 0 saturated carbocycles. The van der Waals surface area contributed by atoms with Gasteiger partial charge in [-0.05, 0) is 61.4 Å². The van der Waals surface area contributed by atoms with E-state index in [2.05, 4.69) is 42.7 Å². The normalized spacial score (nSPS) is 11.2. The van der Waals surface area contributed by atoms with Gasteiger partial charge in [-0.25, -0.2) is 4.98 Å². The molecule has 0 amide bonds. The number of benzene rings is 2. The van der Waals surface area contributed by atoms with Crippen molar-refractivity contribution in [3.63, 3.8) is 0 Å². The highest BCUT2D eigenvalue weighted by molar-refractivity contribution is 5.86. The summed E-state index contributed by atoms with van der Waals surface area (Å²) in [6.07, 6.45) is 4.46. The van der Waals surface area contributed by atoms with Crippen molar-refractivity contribution in [2.24, 2.45) is 0 Å². The molecule has 0 saturated heterocycles. The molecule has 0 radical (unpaired) electrons. The second-order valence-electron chi connectivity index (χ2n) is 7.78. The molecule has 0 atom stereocenters. The Morgan fingerprint density at radius 2 is 1.97 bits per heavy atom. The van der Waals surface area contributed by atoms with Gasteiger partial charge in [-0.3, -0.25) is 0 Å². The van der Waals surface area contributed by atoms with Crippen LogP contribution in [-0.2, 0) is 6.42 Å². The van der Waals surface area contributed by atoms with Crippen LogP contribution in [0.25, 0.3) is 21.8 Å². The average molecular weight is 428 g/mol. The van der Waals surface area contributed by atoms with Crippen LogP contribution in [0.5, 0.6) is 5.75 Å². The van der Waals surface area contributed by atoms with E-state index < -0.39 is 0 Å². The predicted molar refractivity (Wildman–Crippen MR) is 130 cm³/mol. The zero-order valence-corrected chi connectivity index (χ0v) is 18.0. The molecule has 3 heterocycles. The molecule has 3 aromatic heterocycles. The lowest BCUT2D eigenvalue weighted by Crippen LogP contribution is -2.10. The highest BCUT2D eigenvalue weighted by Crippen LogP contribution is 2.26. The maximum Gasteiger partial charge on any atom is 0.224 e. The maximum absolute atomic E-state index is 6.11. The van der Waals surface area contributed by atoms with Gasteiger partial charge in [0.15, 0.2) is 5.82 Å². The first kappa shape index (κ1) is 19.7. The molecule has 0 aliphatic rings. The Hall–Kier alpha value is -4.20. The first-order chi connectivity index (χ1) is 15.6. The molecule has 0 aliphatic heterocycles. The van der Waals surface area contributed by atoms with Crippen molar-refractivity contribution in [1.29, 1.82) is 0 Å². The number of methoxy groups -OCH3 is 1. The molecule has 5 rings (SSSR count). The Labute approximate surface area is 185 Å². The van der Waals surface area contributed by atoms with E-state index in [9.17, 15) is 0 Å². The molecule has 2 aromatic carbocycles. The van der Waals surface area contributed by atoms with Gasteiger partial charge in [-0.2, -0.15) is 4.98 Å². The number of nitrogens with one attached hydrogen (secondary N) is 4. The zero-order valence-electron chi connectivity index (χ0n) is 18.0. The number of rotatable bonds is 7. The van der Waals surface area contributed by atoms with Gasteiger partial charge in [0.25, 0.3) is 0 Å². The number of nitrogen functional groups attached to an aromatic ring is 1. The van der Waals surface area contributed by atoms with Crippen LogP contribution < -0.4 is 21.1 Å². The molecule has 8 nitrogen and oxygen atoms in total. The average Bonchev–Trinajstić information content (AvgIpc) is 3.37. The van der Waals surface area contributed by atoms with Gasteiger partial charge in [-0.15, -0.1) is 0 Å². The second kappa shape index (κ2) is 8.14. The van der Waals surface area contributed by atoms with Gasteiger partial charge in [0.2, 0.25) is 5.95 Å². The summed E-state index contributed by atoms with van der Waals surface area (Å²) in [6.45, 7) is 2.72. The number of H-pyrrole nitrogens is 2. The molecule has 32 heavy (non-hydrogen) atoms. The van der Waals surface area contributed by atoms with E-state index in [1.807, 2.05) is 43.5 Å². The number of fused-ring (bicyclic) bond motifs is 2. The van der Waals surface area contributed by atoms with E-state index in [0.717, 1.165) is 45.4 Å². The van der Waals surface area contributed by atoms with Gasteiger partial charge < -0.3 is 31.1 Å². The Morgan fingerprint density at radius 1 is 1.09 bits per heavy atom. The first-order valence-corrected chi connectivity index (χ1v) is 10.5. The van der Waals surface area contributed by atoms with Crippen LogP contribution in [0.2, 0.25) is 0 Å². The fourth-order valence-corrected chi connectivity index (χ4v) is 3.87. The van der Waals surface area contributed by atoms with Crippen molar-refractivity contribution in [3.8, 4) is 5.75 Å². The number of aromatic amines is 2. The Bertz CT molecular complexity index is 1400. The number of nitrogens with zero attached hydrogens (tertiary/aromatic N) is 2. The molecule has 0 unspecified atom stereocenters. The predicted octanol–water partition coefficient (Wildman–Crippen LogP) is 4.74. The van der Waals surface area contributed by atoms with Crippen molar-refractivity contribution in [2.75, 3.05) is 30.0 Å². The van der Waals surface area contributed by atoms with E-state index >= 15 is 0 Å². The third kappa shape index (κ3) is 3.90. The zero-order chi connectivity index (χ0) is 22.1. The van der Waals surface area contributed by atoms with Gasteiger partial charge in [0.1, 0.15) is 5.75 Å². The minimum absolute atomic E-state index is 0.490.